The van der Waals surface area contributed by atoms with Crippen LogP contribution in [0.4, 0.5) is 11.5 Å². The summed E-state index contributed by atoms with van der Waals surface area (Å²) in [6.45, 7) is 2.34. The number of halogens is 1. The average Bonchev–Trinajstić information content (AvgIpc) is 2.39. The molecule has 1 aromatic heterocycles. The van der Waals surface area contributed by atoms with Crippen molar-refractivity contribution in [1.82, 2.24) is 10.3 Å². The summed E-state index contributed by atoms with van der Waals surface area (Å²) < 4.78 is 0. The summed E-state index contributed by atoms with van der Waals surface area (Å²) in [6.07, 6.45) is 1.50. The number of nitrogens with one attached hydrogen (secondary N) is 1. The summed E-state index contributed by atoms with van der Waals surface area (Å²) in [5, 5.41) is 22.7. The molecule has 0 aromatic carbocycles. The van der Waals surface area contributed by atoms with Crippen LogP contribution < -0.4 is 10.2 Å². The molecule has 0 bridgehead atoms. The van der Waals surface area contributed by atoms with Crippen LogP contribution in [-0.2, 0) is 0 Å². The minimum absolute atomic E-state index is 0. The van der Waals surface area contributed by atoms with Crippen LogP contribution in [0.2, 0.25) is 0 Å². The van der Waals surface area contributed by atoms with Crippen molar-refractivity contribution in [3.63, 3.8) is 0 Å². The molecule has 2 rings (SSSR count). The molecule has 100 valence electrons. The van der Waals surface area contributed by atoms with E-state index in [1.807, 2.05) is 4.90 Å². The number of anilines is 1. The molecule has 7 nitrogen and oxygen atoms in total. The van der Waals surface area contributed by atoms with Crippen molar-refractivity contribution in [2.75, 3.05) is 31.1 Å². The summed E-state index contributed by atoms with van der Waals surface area (Å²) in [5.74, 6) is -0.150. The number of nitrogens with zero attached hydrogens (tertiary/aromatic N) is 3. The third-order valence-electron chi connectivity index (χ3n) is 2.76. The van der Waals surface area contributed by atoms with Gasteiger partial charge in [0.05, 0.1) is 12.3 Å². The van der Waals surface area contributed by atoms with E-state index >= 15 is 0 Å². The van der Waals surface area contributed by atoms with Crippen molar-refractivity contribution in [3.05, 3.63) is 28.4 Å². The number of aromatic nitrogens is 1. The molecule has 2 heterocycles. The van der Waals surface area contributed by atoms with Gasteiger partial charge >= 0.3 is 5.82 Å². The second kappa shape index (κ2) is 6.48. The van der Waals surface area contributed by atoms with Gasteiger partial charge in [0, 0.05) is 31.7 Å². The van der Waals surface area contributed by atoms with E-state index in [1.165, 1.54) is 12.3 Å². The highest BCUT2D eigenvalue weighted by Crippen LogP contribution is 2.17. The molecule has 0 radical (unpaired) electrons. The fourth-order valence-electron chi connectivity index (χ4n) is 1.86. The topological polar surface area (TPSA) is 91.5 Å². The molecular weight excluding hydrogens is 260 g/mol. The Labute approximate surface area is 110 Å². The lowest BCUT2D eigenvalue weighted by Crippen LogP contribution is -2.52. The number of hydrogen-bond donors (Lipinski definition) is 2. The normalized spacial score (nSPS) is 19.2. The third kappa shape index (κ3) is 3.28. The highest BCUT2D eigenvalue weighted by Gasteiger charge is 2.20. The Kier molecular flexibility index (Phi) is 5.26. The molecule has 1 fully saturated rings. The summed E-state index contributed by atoms with van der Waals surface area (Å²) in [4.78, 5) is 15.8. The number of piperazine rings is 1. The van der Waals surface area contributed by atoms with Gasteiger partial charge in [0.25, 0.3) is 0 Å². The SMILES string of the molecule is Cl.O=[N+]([O-])c1ccc(N2CCN[C@@H](CO)C2)cn1. The van der Waals surface area contributed by atoms with Crippen molar-refractivity contribution in [2.45, 2.75) is 6.04 Å². The quantitative estimate of drug-likeness (QED) is 0.604. The van der Waals surface area contributed by atoms with Gasteiger partial charge in [-0.3, -0.25) is 0 Å². The van der Waals surface area contributed by atoms with Crippen LogP contribution in [0, 0.1) is 10.1 Å². The Morgan fingerprint density at radius 2 is 2.39 bits per heavy atom. The van der Waals surface area contributed by atoms with E-state index in [-0.39, 0.29) is 30.9 Å². The van der Waals surface area contributed by atoms with Crippen molar-refractivity contribution in [3.8, 4) is 0 Å². The summed E-state index contributed by atoms with van der Waals surface area (Å²) >= 11 is 0. The molecule has 1 saturated heterocycles. The van der Waals surface area contributed by atoms with E-state index in [0.717, 1.165) is 18.8 Å². The Bertz CT molecular complexity index is 401. The van der Waals surface area contributed by atoms with Gasteiger partial charge in [0.1, 0.15) is 0 Å². The zero-order chi connectivity index (χ0) is 12.3. The van der Waals surface area contributed by atoms with Crippen LogP contribution in [0.25, 0.3) is 0 Å². The van der Waals surface area contributed by atoms with Crippen molar-refractivity contribution < 1.29 is 10.0 Å². The van der Waals surface area contributed by atoms with Crippen molar-refractivity contribution in [1.29, 1.82) is 0 Å². The molecule has 1 aliphatic heterocycles. The first-order chi connectivity index (χ1) is 8.20. The number of pyridine rings is 1. The minimum atomic E-state index is -0.516. The molecule has 0 unspecified atom stereocenters. The lowest BCUT2D eigenvalue weighted by atomic mass is 10.2. The second-order valence-electron chi connectivity index (χ2n) is 3.91. The van der Waals surface area contributed by atoms with Gasteiger partial charge in [-0.1, -0.05) is 0 Å². The number of nitro groups is 1. The fourth-order valence-corrected chi connectivity index (χ4v) is 1.86. The van der Waals surface area contributed by atoms with E-state index in [9.17, 15) is 10.1 Å². The molecular formula is C10H15ClN4O3. The van der Waals surface area contributed by atoms with E-state index in [4.69, 9.17) is 5.11 Å². The number of rotatable bonds is 3. The van der Waals surface area contributed by atoms with Crippen LogP contribution in [0.1, 0.15) is 0 Å². The molecule has 1 aromatic rings. The van der Waals surface area contributed by atoms with Gasteiger partial charge in [0.2, 0.25) is 0 Å². The van der Waals surface area contributed by atoms with Gasteiger partial charge < -0.3 is 25.4 Å². The standard InChI is InChI=1S/C10H14N4O3.ClH/c15-7-8-6-13(4-3-11-8)9-1-2-10(12-5-9)14(16)17;/h1-2,5,8,11,15H,3-4,6-7H2;1H/t8-;/m1./s1. The lowest BCUT2D eigenvalue weighted by molar-refractivity contribution is -0.389. The van der Waals surface area contributed by atoms with Crippen LogP contribution in [0.3, 0.4) is 0 Å². The van der Waals surface area contributed by atoms with Crippen LogP contribution in [0.15, 0.2) is 18.3 Å². The summed E-state index contributed by atoms with van der Waals surface area (Å²) in [6, 6.07) is 3.12. The molecule has 8 heteroatoms. The zero-order valence-electron chi connectivity index (χ0n) is 9.65. The van der Waals surface area contributed by atoms with Gasteiger partial charge in [-0.25, -0.2) is 0 Å². The Balaban J connectivity index is 0.00000162. The predicted octanol–water partition coefficient (Wildman–Crippen LogP) is 0.182. The molecule has 0 saturated carbocycles. The Morgan fingerprint density at radius 1 is 1.61 bits per heavy atom. The van der Waals surface area contributed by atoms with E-state index in [2.05, 4.69) is 10.3 Å². The van der Waals surface area contributed by atoms with Crippen LogP contribution >= 0.6 is 12.4 Å². The third-order valence-corrected chi connectivity index (χ3v) is 2.76. The molecule has 2 N–H and O–H groups in total. The van der Waals surface area contributed by atoms with Crippen molar-refractivity contribution in [2.24, 2.45) is 0 Å². The monoisotopic (exact) mass is 274 g/mol. The maximum atomic E-state index is 10.5. The van der Waals surface area contributed by atoms with Crippen molar-refractivity contribution >= 4 is 23.9 Å². The molecule has 18 heavy (non-hydrogen) atoms. The second-order valence-corrected chi connectivity index (χ2v) is 3.91. The maximum Gasteiger partial charge on any atom is 0.363 e. The van der Waals surface area contributed by atoms with Gasteiger partial charge in [-0.15, -0.1) is 12.4 Å². The highest BCUT2D eigenvalue weighted by atomic mass is 35.5. The molecule has 0 spiro atoms. The van der Waals surface area contributed by atoms with Crippen LogP contribution in [0.5, 0.6) is 0 Å². The van der Waals surface area contributed by atoms with E-state index in [1.54, 1.807) is 6.07 Å². The Hall–Kier alpha value is -1.44. The number of aliphatic hydroxyl groups excluding tert-OH is 1. The van der Waals surface area contributed by atoms with Gasteiger partial charge in [-0.2, -0.15) is 0 Å². The fraction of sp³-hybridized carbons (Fsp3) is 0.500. The smallest absolute Gasteiger partial charge is 0.363 e. The molecule has 1 atom stereocenters. The van der Waals surface area contributed by atoms with E-state index < -0.39 is 4.92 Å². The summed E-state index contributed by atoms with van der Waals surface area (Å²) in [7, 11) is 0. The maximum absolute atomic E-state index is 10.5. The van der Waals surface area contributed by atoms with Gasteiger partial charge in [-0.05, 0) is 16.0 Å². The largest absolute Gasteiger partial charge is 0.395 e. The number of hydrogen-bond acceptors (Lipinski definition) is 6. The first-order valence-corrected chi connectivity index (χ1v) is 5.40. The first kappa shape index (κ1) is 14.6. The van der Waals surface area contributed by atoms with E-state index in [0.29, 0.717) is 6.54 Å². The zero-order valence-corrected chi connectivity index (χ0v) is 10.5. The highest BCUT2D eigenvalue weighted by molar-refractivity contribution is 5.85. The lowest BCUT2D eigenvalue weighted by Gasteiger charge is -2.33. The predicted molar refractivity (Wildman–Crippen MR) is 69.2 cm³/mol. The van der Waals surface area contributed by atoms with Crippen LogP contribution in [-0.4, -0.2) is 47.3 Å². The first-order valence-electron chi connectivity index (χ1n) is 5.40. The molecule has 1 aliphatic rings. The minimum Gasteiger partial charge on any atom is -0.395 e. The summed E-state index contributed by atoms with van der Waals surface area (Å²) in [5.41, 5.74) is 0.843. The van der Waals surface area contributed by atoms with Gasteiger partial charge in [0.15, 0.2) is 6.20 Å². The molecule has 0 amide bonds. The Morgan fingerprint density at radius 3 is 2.94 bits per heavy atom. The number of aliphatic hydroxyl groups is 1. The molecule has 0 aliphatic carbocycles. The average molecular weight is 275 g/mol.